The van der Waals surface area contributed by atoms with Gasteiger partial charge in [-0.2, -0.15) is 8.42 Å². The number of hydrogen-bond acceptors (Lipinski definition) is 8. The summed E-state index contributed by atoms with van der Waals surface area (Å²) in [6, 6.07) is 14.6. The maximum Gasteiger partial charge on any atom is 0.285 e. The van der Waals surface area contributed by atoms with Crippen LogP contribution in [0.2, 0.25) is 5.02 Å². The number of fused-ring (bicyclic) bond motifs is 2. The van der Waals surface area contributed by atoms with Crippen LogP contribution >= 0.6 is 22.9 Å². The van der Waals surface area contributed by atoms with Crippen LogP contribution in [0, 0.1) is 0 Å². The first kappa shape index (κ1) is 25.5. The molecule has 1 aliphatic rings. The Balaban J connectivity index is 1.60. The third kappa shape index (κ3) is 4.91. The second-order valence-corrected chi connectivity index (χ2v) is 12.0. The van der Waals surface area contributed by atoms with E-state index in [9.17, 15) is 13.2 Å². The standard InChI is InChI=1S/C25H26ClN5O4S2/c1-5-12-29-20-13-18(10-11-19(20)27-25(29)28(2)3)30-15-31(35-37(4,33)34)21-14-22(36-23(21)24(30)32)16-6-8-17(26)9-7-16/h6-11,13-14H,5,12,15H2,1-4H3. The molecule has 194 valence electrons. The SMILES string of the molecule is CCCn1c(N(C)C)nc2ccc(N3CN(OS(C)(=O)=O)c4cc(-c5ccc(Cl)cc5)sc4C3=O)cc21. The van der Waals surface area contributed by atoms with Crippen molar-refractivity contribution in [2.45, 2.75) is 19.9 Å². The van der Waals surface area contributed by atoms with Crippen LogP contribution in [0.3, 0.4) is 0 Å². The highest BCUT2D eigenvalue weighted by Gasteiger charge is 2.35. The van der Waals surface area contributed by atoms with Crippen LogP contribution in [0.4, 0.5) is 17.3 Å². The summed E-state index contributed by atoms with van der Waals surface area (Å²) in [4.78, 5) is 23.1. The quantitative estimate of drug-likeness (QED) is 0.307. The van der Waals surface area contributed by atoms with Crippen molar-refractivity contribution in [1.82, 2.24) is 9.55 Å². The molecule has 0 aliphatic carbocycles. The molecule has 37 heavy (non-hydrogen) atoms. The molecule has 0 radical (unpaired) electrons. The van der Waals surface area contributed by atoms with E-state index in [2.05, 4.69) is 11.5 Å². The molecule has 0 unspecified atom stereocenters. The number of aromatic nitrogens is 2. The first-order chi connectivity index (χ1) is 17.6. The van der Waals surface area contributed by atoms with E-state index in [0.29, 0.717) is 21.3 Å². The average Bonchev–Trinajstić information content (AvgIpc) is 3.44. The number of thiophene rings is 1. The number of anilines is 3. The summed E-state index contributed by atoms with van der Waals surface area (Å²) in [5.41, 5.74) is 3.60. The van der Waals surface area contributed by atoms with Crippen LogP contribution in [0.25, 0.3) is 21.5 Å². The fraction of sp³-hybridized carbons (Fsp3) is 0.280. The molecule has 4 aromatic rings. The molecule has 0 fully saturated rings. The summed E-state index contributed by atoms with van der Waals surface area (Å²) < 4.78 is 31.7. The molecule has 1 amide bonds. The van der Waals surface area contributed by atoms with Crippen LogP contribution in [0.1, 0.15) is 23.0 Å². The molecule has 2 aromatic carbocycles. The molecule has 0 N–H and O–H groups in total. The Morgan fingerprint density at radius 2 is 1.86 bits per heavy atom. The number of rotatable bonds is 7. The molecular formula is C25H26ClN5O4S2. The van der Waals surface area contributed by atoms with Crippen molar-refractivity contribution in [3.8, 4) is 10.4 Å². The number of benzene rings is 2. The molecule has 3 heterocycles. The van der Waals surface area contributed by atoms with E-state index in [0.717, 1.165) is 46.6 Å². The zero-order chi connectivity index (χ0) is 26.5. The Morgan fingerprint density at radius 1 is 1.14 bits per heavy atom. The number of nitrogens with zero attached hydrogens (tertiary/aromatic N) is 5. The molecule has 12 heteroatoms. The van der Waals surface area contributed by atoms with Crippen LogP contribution < -0.4 is 14.9 Å². The summed E-state index contributed by atoms with van der Waals surface area (Å²) >= 11 is 7.31. The highest BCUT2D eigenvalue weighted by atomic mass is 35.5. The van der Waals surface area contributed by atoms with Gasteiger partial charge in [0.25, 0.3) is 16.0 Å². The van der Waals surface area contributed by atoms with Crippen LogP contribution in [0.15, 0.2) is 48.5 Å². The first-order valence-electron chi connectivity index (χ1n) is 11.6. The van der Waals surface area contributed by atoms with Crippen molar-refractivity contribution >= 4 is 67.3 Å². The Bertz CT molecular complexity index is 1600. The first-order valence-corrected chi connectivity index (χ1v) is 14.6. The topological polar surface area (TPSA) is 88.0 Å². The molecule has 1 aliphatic heterocycles. The lowest BCUT2D eigenvalue weighted by molar-refractivity contribution is 0.0973. The highest BCUT2D eigenvalue weighted by Crippen LogP contribution is 2.42. The average molecular weight is 560 g/mol. The lowest BCUT2D eigenvalue weighted by atomic mass is 10.1. The minimum absolute atomic E-state index is 0.0936. The van der Waals surface area contributed by atoms with Crippen LogP contribution in [-0.4, -0.2) is 50.9 Å². The maximum absolute atomic E-state index is 13.7. The summed E-state index contributed by atoms with van der Waals surface area (Å²) in [6.45, 7) is 2.77. The molecule has 0 saturated heterocycles. The molecule has 5 rings (SSSR count). The zero-order valence-corrected chi connectivity index (χ0v) is 23.2. The molecular weight excluding hydrogens is 534 g/mol. The number of imidazole rings is 1. The fourth-order valence-corrected chi connectivity index (χ4v) is 6.03. The van der Waals surface area contributed by atoms with E-state index in [4.69, 9.17) is 20.9 Å². The number of hydroxylamine groups is 1. The van der Waals surface area contributed by atoms with Gasteiger partial charge in [0.15, 0.2) is 0 Å². The molecule has 2 aromatic heterocycles. The van der Waals surface area contributed by atoms with Gasteiger partial charge in [-0.1, -0.05) is 30.7 Å². The zero-order valence-electron chi connectivity index (χ0n) is 20.8. The number of carbonyl (C=O) groups is 1. The van der Waals surface area contributed by atoms with Crippen molar-refractivity contribution in [2.75, 3.05) is 41.9 Å². The van der Waals surface area contributed by atoms with E-state index in [1.54, 1.807) is 18.2 Å². The molecule has 0 bridgehead atoms. The summed E-state index contributed by atoms with van der Waals surface area (Å²) in [7, 11) is 0.0378. The third-order valence-corrected chi connectivity index (χ3v) is 7.78. The predicted octanol–water partition coefficient (Wildman–Crippen LogP) is 5.21. The van der Waals surface area contributed by atoms with Crippen molar-refractivity contribution in [1.29, 1.82) is 0 Å². The fourth-order valence-electron chi connectivity index (χ4n) is 4.35. The van der Waals surface area contributed by atoms with Crippen LogP contribution in [-0.2, 0) is 20.9 Å². The van der Waals surface area contributed by atoms with Gasteiger partial charge in [-0.05, 0) is 48.4 Å². The predicted molar refractivity (Wildman–Crippen MR) is 149 cm³/mol. The van der Waals surface area contributed by atoms with E-state index >= 15 is 0 Å². The number of amides is 1. The van der Waals surface area contributed by atoms with E-state index in [-0.39, 0.29) is 12.6 Å². The number of carbonyl (C=O) groups excluding carboxylic acids is 1. The Hall–Kier alpha value is -3.12. The Morgan fingerprint density at radius 3 is 2.51 bits per heavy atom. The minimum Gasteiger partial charge on any atom is -0.348 e. The number of hydrogen-bond donors (Lipinski definition) is 0. The number of aryl methyl sites for hydroxylation is 1. The minimum atomic E-state index is -3.85. The molecule has 0 atom stereocenters. The van der Waals surface area contributed by atoms with Crippen molar-refractivity contribution < 1.29 is 17.5 Å². The Labute approximate surface area is 224 Å². The van der Waals surface area contributed by atoms with E-state index in [1.807, 2.05) is 49.3 Å². The molecule has 9 nitrogen and oxygen atoms in total. The molecule has 0 spiro atoms. The Kier molecular flexibility index (Phi) is 6.65. The smallest absolute Gasteiger partial charge is 0.285 e. The van der Waals surface area contributed by atoms with Gasteiger partial charge < -0.3 is 9.47 Å². The van der Waals surface area contributed by atoms with Gasteiger partial charge in [-0.25, -0.2) is 10.0 Å². The maximum atomic E-state index is 13.7. The normalized spacial score (nSPS) is 13.9. The number of halogens is 1. The van der Waals surface area contributed by atoms with Gasteiger partial charge in [-0.15, -0.1) is 15.6 Å². The van der Waals surface area contributed by atoms with Gasteiger partial charge in [0, 0.05) is 36.2 Å². The van der Waals surface area contributed by atoms with Gasteiger partial charge in [0.2, 0.25) is 5.95 Å². The summed E-state index contributed by atoms with van der Waals surface area (Å²) in [5.74, 6) is 0.594. The lowest BCUT2D eigenvalue weighted by Gasteiger charge is -2.34. The van der Waals surface area contributed by atoms with E-state index in [1.165, 1.54) is 21.3 Å². The monoisotopic (exact) mass is 559 g/mol. The second-order valence-electron chi connectivity index (χ2n) is 8.99. The largest absolute Gasteiger partial charge is 0.348 e. The third-order valence-electron chi connectivity index (χ3n) is 5.92. The van der Waals surface area contributed by atoms with E-state index < -0.39 is 10.1 Å². The highest BCUT2D eigenvalue weighted by molar-refractivity contribution is 7.86. The van der Waals surface area contributed by atoms with Crippen molar-refractivity contribution in [3.63, 3.8) is 0 Å². The summed E-state index contributed by atoms with van der Waals surface area (Å²) in [5, 5.41) is 1.85. The van der Waals surface area contributed by atoms with Gasteiger partial charge in [-0.3, -0.25) is 9.69 Å². The van der Waals surface area contributed by atoms with Crippen molar-refractivity contribution in [2.24, 2.45) is 0 Å². The van der Waals surface area contributed by atoms with Crippen molar-refractivity contribution in [3.05, 3.63) is 58.4 Å². The van der Waals surface area contributed by atoms with Gasteiger partial charge in [0.05, 0.1) is 23.0 Å². The summed E-state index contributed by atoms with van der Waals surface area (Å²) in [6.07, 6.45) is 1.90. The second kappa shape index (κ2) is 9.64. The lowest BCUT2D eigenvalue weighted by Crippen LogP contribution is -2.47. The van der Waals surface area contributed by atoms with Crippen LogP contribution in [0.5, 0.6) is 0 Å². The van der Waals surface area contributed by atoms with Gasteiger partial charge >= 0.3 is 0 Å². The molecule has 0 saturated carbocycles. The van der Waals surface area contributed by atoms with Gasteiger partial charge in [0.1, 0.15) is 11.5 Å².